The van der Waals surface area contributed by atoms with E-state index in [0.717, 1.165) is 42.2 Å². The fraction of sp³-hybridized carbons (Fsp3) is 0.571. The minimum absolute atomic E-state index is 0.0934. The third-order valence-electron chi connectivity index (χ3n) is 3.57. The number of rotatable bonds is 7. The molecule has 0 radical (unpaired) electrons. The number of nitrogens with zero attached hydrogens (tertiary/aromatic N) is 1. The lowest BCUT2D eigenvalue weighted by atomic mass is 10.1. The van der Waals surface area contributed by atoms with E-state index in [-0.39, 0.29) is 12.3 Å². The molecule has 1 aliphatic rings. The van der Waals surface area contributed by atoms with Crippen LogP contribution in [0.25, 0.3) is 0 Å². The van der Waals surface area contributed by atoms with Gasteiger partial charge in [-0.25, -0.2) is 0 Å². The van der Waals surface area contributed by atoms with Gasteiger partial charge in [-0.05, 0) is 25.0 Å². The van der Waals surface area contributed by atoms with E-state index in [0.29, 0.717) is 12.6 Å². The first kappa shape index (κ1) is 15.9. The summed E-state index contributed by atoms with van der Waals surface area (Å²) in [4.78, 5) is 25.6. The van der Waals surface area contributed by atoms with Crippen molar-refractivity contribution in [1.82, 2.24) is 10.2 Å². The van der Waals surface area contributed by atoms with Crippen molar-refractivity contribution in [3.05, 3.63) is 21.9 Å². The molecule has 21 heavy (non-hydrogen) atoms. The SMILES string of the molecule is NC(=O)CN1CCC(NCc2ccc(CC(=O)O)s2)CC1. The highest BCUT2D eigenvalue weighted by atomic mass is 32.1. The summed E-state index contributed by atoms with van der Waals surface area (Å²) in [6, 6.07) is 4.31. The highest BCUT2D eigenvalue weighted by molar-refractivity contribution is 7.12. The molecule has 2 heterocycles. The van der Waals surface area contributed by atoms with E-state index in [4.69, 9.17) is 10.8 Å². The first-order chi connectivity index (χ1) is 10.0. The molecule has 0 aromatic carbocycles. The Bertz CT molecular complexity index is 495. The number of nitrogens with one attached hydrogen (secondary N) is 1. The molecular formula is C14H21N3O3S. The lowest BCUT2D eigenvalue weighted by molar-refractivity contribution is -0.136. The Kier molecular flexibility index (Phi) is 5.72. The number of aliphatic carboxylic acids is 1. The minimum atomic E-state index is -0.793. The highest BCUT2D eigenvalue weighted by Gasteiger charge is 2.19. The first-order valence-corrected chi connectivity index (χ1v) is 7.88. The van der Waals surface area contributed by atoms with Crippen LogP contribution < -0.4 is 11.1 Å². The quantitative estimate of drug-likeness (QED) is 0.678. The Balaban J connectivity index is 1.71. The van der Waals surface area contributed by atoms with E-state index in [9.17, 15) is 9.59 Å². The summed E-state index contributed by atoms with van der Waals surface area (Å²) < 4.78 is 0. The van der Waals surface area contributed by atoms with Crippen molar-refractivity contribution in [3.8, 4) is 0 Å². The fourth-order valence-electron chi connectivity index (χ4n) is 2.52. The molecule has 1 aromatic rings. The molecule has 1 aliphatic heterocycles. The van der Waals surface area contributed by atoms with Crippen LogP contribution in [0.5, 0.6) is 0 Å². The van der Waals surface area contributed by atoms with Gasteiger partial charge in [0.05, 0.1) is 13.0 Å². The molecule has 1 aromatic heterocycles. The van der Waals surface area contributed by atoms with Crippen molar-refractivity contribution in [2.75, 3.05) is 19.6 Å². The molecule has 1 amide bonds. The van der Waals surface area contributed by atoms with Gasteiger partial charge in [0.1, 0.15) is 0 Å². The number of primary amides is 1. The smallest absolute Gasteiger partial charge is 0.308 e. The Morgan fingerprint density at radius 1 is 1.33 bits per heavy atom. The van der Waals surface area contributed by atoms with Crippen molar-refractivity contribution in [3.63, 3.8) is 0 Å². The lowest BCUT2D eigenvalue weighted by Crippen LogP contribution is -2.44. The van der Waals surface area contributed by atoms with E-state index >= 15 is 0 Å². The summed E-state index contributed by atoms with van der Waals surface area (Å²) in [6.45, 7) is 2.88. The van der Waals surface area contributed by atoms with Crippen LogP contribution in [0.4, 0.5) is 0 Å². The summed E-state index contributed by atoms with van der Waals surface area (Å²) in [5.41, 5.74) is 5.19. The number of amides is 1. The molecule has 0 aliphatic carbocycles. The van der Waals surface area contributed by atoms with Crippen LogP contribution in [0.3, 0.4) is 0 Å². The molecule has 1 saturated heterocycles. The molecule has 7 heteroatoms. The molecule has 0 bridgehead atoms. The number of hydrogen-bond donors (Lipinski definition) is 3. The second kappa shape index (κ2) is 7.53. The predicted molar refractivity (Wildman–Crippen MR) is 81.2 cm³/mol. The van der Waals surface area contributed by atoms with Gasteiger partial charge in [0.15, 0.2) is 0 Å². The normalized spacial score (nSPS) is 17.0. The van der Waals surface area contributed by atoms with E-state index in [1.165, 1.54) is 0 Å². The number of carboxylic acid groups (broad SMARTS) is 1. The molecule has 6 nitrogen and oxygen atoms in total. The second-order valence-corrected chi connectivity index (χ2v) is 6.59. The molecule has 4 N–H and O–H groups in total. The Hall–Kier alpha value is -1.44. The number of piperidine rings is 1. The molecular weight excluding hydrogens is 290 g/mol. The van der Waals surface area contributed by atoms with Crippen LogP contribution in [0, 0.1) is 0 Å². The zero-order valence-corrected chi connectivity index (χ0v) is 12.7. The Morgan fingerprint density at radius 3 is 2.62 bits per heavy atom. The van der Waals surface area contributed by atoms with Gasteiger partial charge < -0.3 is 16.2 Å². The zero-order chi connectivity index (χ0) is 15.2. The monoisotopic (exact) mass is 311 g/mol. The van der Waals surface area contributed by atoms with Crippen LogP contribution >= 0.6 is 11.3 Å². The number of thiophene rings is 1. The highest BCUT2D eigenvalue weighted by Crippen LogP contribution is 2.18. The van der Waals surface area contributed by atoms with E-state index < -0.39 is 5.97 Å². The lowest BCUT2D eigenvalue weighted by Gasteiger charge is -2.31. The van der Waals surface area contributed by atoms with Crippen LogP contribution in [0.1, 0.15) is 22.6 Å². The summed E-state index contributed by atoms with van der Waals surface area (Å²) in [7, 11) is 0. The van der Waals surface area contributed by atoms with Crippen molar-refractivity contribution in [2.24, 2.45) is 5.73 Å². The van der Waals surface area contributed by atoms with E-state index in [1.807, 2.05) is 12.1 Å². The van der Waals surface area contributed by atoms with Crippen LogP contribution in [-0.2, 0) is 22.6 Å². The number of carbonyl (C=O) groups is 2. The number of likely N-dealkylation sites (tertiary alicyclic amines) is 1. The number of nitrogens with two attached hydrogens (primary N) is 1. The van der Waals surface area contributed by atoms with Crippen molar-refractivity contribution >= 4 is 23.2 Å². The van der Waals surface area contributed by atoms with Gasteiger partial charge in [-0.1, -0.05) is 0 Å². The number of carboxylic acids is 1. The summed E-state index contributed by atoms with van der Waals surface area (Å²) in [5, 5.41) is 12.2. The molecule has 0 unspecified atom stereocenters. The second-order valence-electron chi connectivity index (χ2n) is 5.34. The third-order valence-corrected chi connectivity index (χ3v) is 4.66. The van der Waals surface area contributed by atoms with Gasteiger partial charge in [0.2, 0.25) is 5.91 Å². The molecule has 0 atom stereocenters. The maximum absolute atomic E-state index is 10.9. The molecule has 116 valence electrons. The van der Waals surface area contributed by atoms with Gasteiger partial charge in [0, 0.05) is 35.4 Å². The predicted octanol–water partition coefficient (Wildman–Crippen LogP) is 0.415. The fourth-order valence-corrected chi connectivity index (χ4v) is 3.48. The van der Waals surface area contributed by atoms with Gasteiger partial charge in [-0.15, -0.1) is 11.3 Å². The number of hydrogen-bond acceptors (Lipinski definition) is 5. The maximum Gasteiger partial charge on any atom is 0.308 e. The topological polar surface area (TPSA) is 95.7 Å². The van der Waals surface area contributed by atoms with Crippen LogP contribution in [0.2, 0.25) is 0 Å². The average Bonchev–Trinajstić information content (AvgIpc) is 2.84. The van der Waals surface area contributed by atoms with Gasteiger partial charge in [-0.3, -0.25) is 14.5 Å². The number of carbonyl (C=O) groups excluding carboxylic acids is 1. The van der Waals surface area contributed by atoms with Gasteiger partial charge in [0.25, 0.3) is 0 Å². The zero-order valence-electron chi connectivity index (χ0n) is 11.9. The molecule has 1 fully saturated rings. The Labute approximate surface area is 127 Å². The summed E-state index contributed by atoms with van der Waals surface area (Å²) in [6.07, 6.45) is 2.09. The first-order valence-electron chi connectivity index (χ1n) is 7.06. The van der Waals surface area contributed by atoms with Crippen LogP contribution in [-0.4, -0.2) is 47.6 Å². The van der Waals surface area contributed by atoms with Crippen LogP contribution in [0.15, 0.2) is 12.1 Å². The molecule has 0 saturated carbocycles. The largest absolute Gasteiger partial charge is 0.481 e. The summed E-state index contributed by atoms with van der Waals surface area (Å²) >= 11 is 1.54. The van der Waals surface area contributed by atoms with Crippen molar-refractivity contribution in [1.29, 1.82) is 0 Å². The van der Waals surface area contributed by atoms with E-state index in [2.05, 4.69) is 10.2 Å². The Morgan fingerprint density at radius 2 is 2.00 bits per heavy atom. The molecule has 0 spiro atoms. The standard InChI is InChI=1S/C14H21N3O3S/c15-13(18)9-17-5-3-10(4-6-17)16-8-12-2-1-11(21-12)7-14(19)20/h1-2,10,16H,3-9H2,(H2,15,18)(H,19,20). The van der Waals surface area contributed by atoms with Crippen molar-refractivity contribution in [2.45, 2.75) is 31.8 Å². The van der Waals surface area contributed by atoms with Gasteiger partial charge >= 0.3 is 5.97 Å². The van der Waals surface area contributed by atoms with Crippen molar-refractivity contribution < 1.29 is 14.7 Å². The maximum atomic E-state index is 10.9. The molecule has 2 rings (SSSR count). The average molecular weight is 311 g/mol. The minimum Gasteiger partial charge on any atom is -0.481 e. The van der Waals surface area contributed by atoms with E-state index in [1.54, 1.807) is 11.3 Å². The van der Waals surface area contributed by atoms with Gasteiger partial charge in [-0.2, -0.15) is 0 Å². The third kappa shape index (κ3) is 5.45. The summed E-state index contributed by atoms with van der Waals surface area (Å²) in [5.74, 6) is -1.07.